The Hall–Kier alpha value is -2.67. The van der Waals surface area contributed by atoms with Gasteiger partial charge in [-0.15, -0.1) is 0 Å². The van der Waals surface area contributed by atoms with Crippen molar-refractivity contribution >= 4 is 10.1 Å². The van der Waals surface area contributed by atoms with E-state index in [-0.39, 0.29) is 0 Å². The smallest absolute Gasteiger partial charge is 0.264 e. The summed E-state index contributed by atoms with van der Waals surface area (Å²) in [6, 6.07) is 8.89. The number of pyridine rings is 1. The lowest BCUT2D eigenvalue weighted by molar-refractivity contribution is -0.0463. The Bertz CT molecular complexity index is 1160. The zero-order valence-electron chi connectivity index (χ0n) is 17.2. The van der Waals surface area contributed by atoms with Crippen LogP contribution >= 0.6 is 0 Å². The molecule has 2 aromatic rings. The van der Waals surface area contributed by atoms with E-state index in [0.29, 0.717) is 28.9 Å². The van der Waals surface area contributed by atoms with Gasteiger partial charge in [0.05, 0.1) is 30.0 Å². The third-order valence-electron chi connectivity index (χ3n) is 5.12. The number of aromatic nitrogens is 1. The van der Waals surface area contributed by atoms with Crippen LogP contribution in [-0.4, -0.2) is 36.1 Å². The Morgan fingerprint density at radius 2 is 2.03 bits per heavy atom. The number of benzene rings is 1. The van der Waals surface area contributed by atoms with Gasteiger partial charge < -0.3 is 14.4 Å². The quantitative estimate of drug-likeness (QED) is 0.720. The molecule has 1 aliphatic rings. The summed E-state index contributed by atoms with van der Waals surface area (Å²) in [4.78, 5) is 13.0. The van der Waals surface area contributed by atoms with Gasteiger partial charge in [-0.25, -0.2) is 0 Å². The topological polar surface area (TPSA) is 119 Å². The summed E-state index contributed by atoms with van der Waals surface area (Å²) >= 11 is 0. The van der Waals surface area contributed by atoms with Gasteiger partial charge in [-0.2, -0.15) is 13.7 Å². The second-order valence-electron chi connectivity index (χ2n) is 7.87. The van der Waals surface area contributed by atoms with Crippen molar-refractivity contribution in [1.29, 1.82) is 5.26 Å². The number of nitriles is 1. The van der Waals surface area contributed by atoms with Crippen molar-refractivity contribution in [2.75, 3.05) is 6.26 Å². The first-order valence-corrected chi connectivity index (χ1v) is 11.3. The van der Waals surface area contributed by atoms with E-state index < -0.39 is 39.5 Å². The zero-order chi connectivity index (χ0) is 22.3. The molecule has 0 saturated carbocycles. The highest BCUT2D eigenvalue weighted by Crippen LogP contribution is 2.43. The first-order valence-electron chi connectivity index (χ1n) is 9.48. The van der Waals surface area contributed by atoms with Gasteiger partial charge in [-0.1, -0.05) is 6.92 Å². The molecule has 0 spiro atoms. The van der Waals surface area contributed by atoms with Crippen LogP contribution in [0.2, 0.25) is 0 Å². The molecule has 1 N–H and O–H groups in total. The molecule has 0 saturated heterocycles. The van der Waals surface area contributed by atoms with Gasteiger partial charge in [0.15, 0.2) is 0 Å². The highest BCUT2D eigenvalue weighted by atomic mass is 32.2. The average Bonchev–Trinajstić information content (AvgIpc) is 2.67. The molecule has 0 aliphatic carbocycles. The number of nitrogens with zero attached hydrogens (tertiary/aromatic N) is 2. The minimum Gasteiger partial charge on any atom is -0.485 e. The minimum atomic E-state index is -3.89. The lowest BCUT2D eigenvalue weighted by atomic mass is 9.85. The predicted molar refractivity (Wildman–Crippen MR) is 110 cm³/mol. The first kappa shape index (κ1) is 22.0. The van der Waals surface area contributed by atoms with E-state index >= 15 is 0 Å². The van der Waals surface area contributed by atoms with E-state index in [4.69, 9.17) is 8.92 Å². The predicted octanol–water partition coefficient (Wildman–Crippen LogP) is 2.27. The van der Waals surface area contributed by atoms with Crippen LogP contribution < -0.4 is 10.3 Å². The van der Waals surface area contributed by atoms with Crippen LogP contribution in [0.5, 0.6) is 5.75 Å². The molecule has 30 heavy (non-hydrogen) atoms. The molecule has 2 heterocycles. The Labute approximate surface area is 175 Å². The van der Waals surface area contributed by atoms with Crippen LogP contribution in [0.3, 0.4) is 0 Å². The standard InChI is InChI=1S/C21H24N2O6S/c1-5-16(24)14-8-9-23(18(25)11-14)19-15-10-13(12-22)6-7-17(15)28-21(2,3)20(19)29-30(4,26)27/h6-11,16,19-20,24H,5H2,1-4H3/t16?,19-,20+/m1/s1. The third-order valence-corrected chi connectivity index (χ3v) is 5.68. The molecule has 1 aromatic carbocycles. The van der Waals surface area contributed by atoms with Crippen molar-refractivity contribution in [3.63, 3.8) is 0 Å². The molecule has 3 rings (SSSR count). The number of hydrogen-bond donors (Lipinski definition) is 1. The van der Waals surface area contributed by atoms with Crippen LogP contribution in [-0.2, 0) is 14.3 Å². The van der Waals surface area contributed by atoms with Gasteiger partial charge in [0.2, 0.25) is 0 Å². The summed E-state index contributed by atoms with van der Waals surface area (Å²) in [5.41, 5.74) is -0.260. The Morgan fingerprint density at radius 1 is 1.33 bits per heavy atom. The molecule has 0 fully saturated rings. The van der Waals surface area contributed by atoms with Gasteiger partial charge in [-0.3, -0.25) is 8.98 Å². The van der Waals surface area contributed by atoms with Gasteiger partial charge in [0.1, 0.15) is 17.5 Å². The number of hydrogen-bond acceptors (Lipinski definition) is 7. The van der Waals surface area contributed by atoms with Gasteiger partial charge in [0.25, 0.3) is 15.7 Å². The summed E-state index contributed by atoms with van der Waals surface area (Å²) < 4.78 is 36.8. The lowest BCUT2D eigenvalue weighted by Crippen LogP contribution is -2.54. The van der Waals surface area contributed by atoms with Crippen LogP contribution in [0.25, 0.3) is 0 Å². The molecule has 9 heteroatoms. The van der Waals surface area contributed by atoms with Crippen molar-refractivity contribution < 1.29 is 22.4 Å². The summed E-state index contributed by atoms with van der Waals surface area (Å²) in [6.07, 6.45) is 1.03. The van der Waals surface area contributed by atoms with Crippen LogP contribution in [0.15, 0.2) is 41.3 Å². The Morgan fingerprint density at radius 3 is 2.60 bits per heavy atom. The van der Waals surface area contributed by atoms with Crippen molar-refractivity contribution in [3.8, 4) is 11.8 Å². The van der Waals surface area contributed by atoms with Crippen LogP contribution in [0, 0.1) is 11.3 Å². The molecular weight excluding hydrogens is 408 g/mol. The number of aliphatic hydroxyl groups excluding tert-OH is 1. The summed E-state index contributed by atoms with van der Waals surface area (Å²) in [5, 5.41) is 19.4. The van der Waals surface area contributed by atoms with E-state index in [1.54, 1.807) is 45.0 Å². The summed E-state index contributed by atoms with van der Waals surface area (Å²) in [6.45, 7) is 5.15. The molecule has 0 amide bonds. The highest BCUT2D eigenvalue weighted by molar-refractivity contribution is 7.86. The molecule has 0 radical (unpaired) electrons. The number of rotatable bonds is 5. The summed E-state index contributed by atoms with van der Waals surface area (Å²) in [7, 11) is -3.89. The van der Waals surface area contributed by atoms with Crippen molar-refractivity contribution in [2.45, 2.75) is 51.0 Å². The maximum Gasteiger partial charge on any atom is 0.264 e. The number of fused-ring (bicyclic) bond motifs is 1. The fourth-order valence-corrected chi connectivity index (χ4v) is 4.37. The van der Waals surface area contributed by atoms with E-state index in [0.717, 1.165) is 6.26 Å². The molecule has 3 atom stereocenters. The average molecular weight is 432 g/mol. The highest BCUT2D eigenvalue weighted by Gasteiger charge is 2.48. The van der Waals surface area contributed by atoms with E-state index in [1.165, 1.54) is 16.8 Å². The molecule has 1 aliphatic heterocycles. The molecular formula is C21H24N2O6S. The second-order valence-corrected chi connectivity index (χ2v) is 9.47. The Kier molecular flexibility index (Phi) is 5.78. The zero-order valence-corrected chi connectivity index (χ0v) is 18.0. The van der Waals surface area contributed by atoms with E-state index in [2.05, 4.69) is 0 Å². The van der Waals surface area contributed by atoms with Gasteiger partial charge in [0, 0.05) is 17.8 Å². The fraction of sp³-hybridized carbons (Fsp3) is 0.429. The van der Waals surface area contributed by atoms with Crippen LogP contribution in [0.1, 0.15) is 56.0 Å². The van der Waals surface area contributed by atoms with Crippen molar-refractivity contribution in [2.24, 2.45) is 0 Å². The molecule has 160 valence electrons. The second kappa shape index (κ2) is 7.87. The monoisotopic (exact) mass is 432 g/mol. The molecule has 8 nitrogen and oxygen atoms in total. The first-order chi connectivity index (χ1) is 14.0. The fourth-order valence-electron chi connectivity index (χ4n) is 3.66. The van der Waals surface area contributed by atoms with Gasteiger partial charge >= 0.3 is 0 Å². The largest absolute Gasteiger partial charge is 0.485 e. The SMILES string of the molecule is CCC(O)c1ccn([C@@H]2c3cc(C#N)ccc3OC(C)(C)[C@H]2OS(C)(=O)=O)c(=O)c1. The summed E-state index contributed by atoms with van der Waals surface area (Å²) in [5.74, 6) is 0.432. The molecule has 0 bridgehead atoms. The van der Waals surface area contributed by atoms with Crippen LogP contribution in [0.4, 0.5) is 0 Å². The van der Waals surface area contributed by atoms with E-state index in [9.17, 15) is 23.6 Å². The maximum absolute atomic E-state index is 13.0. The lowest BCUT2D eigenvalue weighted by Gasteiger charge is -2.44. The molecule has 1 aromatic heterocycles. The third kappa shape index (κ3) is 4.26. The van der Waals surface area contributed by atoms with E-state index in [1.807, 2.05) is 6.07 Å². The van der Waals surface area contributed by atoms with Crippen molar-refractivity contribution in [1.82, 2.24) is 4.57 Å². The van der Waals surface area contributed by atoms with Gasteiger partial charge in [-0.05, 0) is 50.1 Å². The normalized spacial score (nSPS) is 21.2. The van der Waals surface area contributed by atoms with Crippen molar-refractivity contribution in [3.05, 3.63) is 63.6 Å². The number of aliphatic hydroxyl groups is 1. The molecule has 1 unspecified atom stereocenters. The minimum absolute atomic E-state index is 0.339. The number of ether oxygens (including phenoxy) is 1. The maximum atomic E-state index is 13.0. The Balaban J connectivity index is 2.26.